The molecule has 0 unspecified atom stereocenters. The summed E-state index contributed by atoms with van der Waals surface area (Å²) in [4.78, 5) is 0. The molecule has 0 fully saturated rings. The van der Waals surface area contributed by atoms with E-state index in [4.69, 9.17) is 16.3 Å². The van der Waals surface area contributed by atoms with E-state index in [1.165, 1.54) is 0 Å². The van der Waals surface area contributed by atoms with Gasteiger partial charge in [-0.1, -0.05) is 24.3 Å². The molecule has 0 bridgehead atoms. The smallest absolute Gasteiger partial charge is 0.353 e. The van der Waals surface area contributed by atoms with E-state index in [-0.39, 0.29) is 5.56 Å². The number of hydrogen-bond donors (Lipinski definition) is 0. The van der Waals surface area contributed by atoms with Gasteiger partial charge in [-0.05, 0) is 40.4 Å². The number of ether oxygens (including phenoxy) is 1. The van der Waals surface area contributed by atoms with Crippen LogP contribution in [0.25, 0.3) is 11.1 Å². The lowest BCUT2D eigenvalue weighted by atomic mass is 10.0. The lowest BCUT2D eigenvalue weighted by Crippen LogP contribution is -2.10. The van der Waals surface area contributed by atoms with Crippen LogP contribution in [0.2, 0.25) is 0 Å². The van der Waals surface area contributed by atoms with Crippen molar-refractivity contribution in [2.75, 3.05) is 7.11 Å². The summed E-state index contributed by atoms with van der Waals surface area (Å²) in [5, 5.41) is -4.09. The van der Waals surface area contributed by atoms with Crippen molar-refractivity contribution in [2.24, 2.45) is 0 Å². The molecular weight excluding hydrogens is 308 g/mol. The molecule has 0 spiro atoms. The van der Waals surface area contributed by atoms with Gasteiger partial charge >= 0.3 is 5.38 Å². The molecule has 2 aromatic carbocycles. The summed E-state index contributed by atoms with van der Waals surface area (Å²) >= 11 is 4.70. The van der Waals surface area contributed by atoms with Crippen LogP contribution in [0, 0.1) is 11.6 Å². The summed E-state index contributed by atoms with van der Waals surface area (Å²) < 4.78 is 58.1. The molecule has 2 aromatic rings. The Morgan fingerprint density at radius 2 is 1.52 bits per heavy atom. The molecule has 0 atom stereocenters. The molecule has 112 valence electrons. The van der Waals surface area contributed by atoms with Gasteiger partial charge in [0, 0.05) is 7.11 Å². The van der Waals surface area contributed by atoms with E-state index >= 15 is 0 Å². The Hall–Kier alpha value is -1.59. The van der Waals surface area contributed by atoms with E-state index in [1.807, 2.05) is 0 Å². The predicted molar refractivity (Wildman–Crippen MR) is 72.3 cm³/mol. The Balaban J connectivity index is 2.42. The molecule has 6 heteroatoms. The van der Waals surface area contributed by atoms with Crippen molar-refractivity contribution in [3.05, 3.63) is 59.2 Å². The summed E-state index contributed by atoms with van der Waals surface area (Å²) in [6.07, 6.45) is 0. The molecule has 0 aliphatic carbocycles. The van der Waals surface area contributed by atoms with Crippen LogP contribution in [-0.2, 0) is 16.7 Å². The first-order valence-corrected chi connectivity index (χ1v) is 6.35. The molecule has 0 saturated heterocycles. The van der Waals surface area contributed by atoms with E-state index in [2.05, 4.69) is 0 Å². The van der Waals surface area contributed by atoms with Gasteiger partial charge in [-0.3, -0.25) is 0 Å². The third-order valence-corrected chi connectivity index (χ3v) is 3.11. The summed E-state index contributed by atoms with van der Waals surface area (Å²) in [6.45, 7) is 0.403. The molecule has 2 rings (SSSR count). The molecule has 21 heavy (non-hydrogen) atoms. The molecule has 1 nitrogen and oxygen atoms in total. The Bertz CT molecular complexity index is 612. The van der Waals surface area contributed by atoms with Crippen molar-refractivity contribution >= 4 is 11.6 Å². The minimum absolute atomic E-state index is 0.152. The van der Waals surface area contributed by atoms with Crippen LogP contribution >= 0.6 is 11.6 Å². The Morgan fingerprint density at radius 3 is 1.95 bits per heavy atom. The van der Waals surface area contributed by atoms with E-state index in [0.29, 0.717) is 12.2 Å². The van der Waals surface area contributed by atoms with Gasteiger partial charge in [-0.15, -0.1) is 0 Å². The van der Waals surface area contributed by atoms with Crippen LogP contribution in [0.15, 0.2) is 36.4 Å². The maximum Gasteiger partial charge on any atom is 0.353 e. The number of methoxy groups -OCH3 is 1. The van der Waals surface area contributed by atoms with E-state index in [0.717, 1.165) is 17.7 Å². The summed E-state index contributed by atoms with van der Waals surface area (Å²) in [5.74, 6) is -2.77. The zero-order valence-corrected chi connectivity index (χ0v) is 11.7. The van der Waals surface area contributed by atoms with Crippen molar-refractivity contribution < 1.29 is 22.3 Å². The highest BCUT2D eigenvalue weighted by Gasteiger charge is 2.35. The Labute approximate surface area is 124 Å². The Morgan fingerprint density at radius 1 is 1.00 bits per heavy atom. The van der Waals surface area contributed by atoms with Gasteiger partial charge in [0.2, 0.25) is 0 Å². The van der Waals surface area contributed by atoms with Crippen molar-refractivity contribution in [1.29, 1.82) is 0 Å². The molecule has 0 N–H and O–H groups in total. The normalized spacial score (nSPS) is 11.7. The molecule has 0 amide bonds. The standard InChI is InChI=1S/C15H11ClF4O/c1-21-8-9-2-4-10(5-3-9)11-6-12(17)14(13(18)7-11)15(16,19)20/h2-7H,8H2,1H3. The lowest BCUT2D eigenvalue weighted by Gasteiger charge is -2.12. The number of benzene rings is 2. The molecule has 0 heterocycles. The molecule has 0 aromatic heterocycles. The van der Waals surface area contributed by atoms with Crippen LogP contribution < -0.4 is 0 Å². The second kappa shape index (κ2) is 6.03. The number of halogens is 5. The van der Waals surface area contributed by atoms with Crippen molar-refractivity contribution in [2.45, 2.75) is 12.0 Å². The minimum Gasteiger partial charge on any atom is -0.380 e. The first-order chi connectivity index (χ1) is 9.82. The summed E-state index contributed by atoms with van der Waals surface area (Å²) in [6, 6.07) is 8.36. The predicted octanol–water partition coefficient (Wildman–Crippen LogP) is 5.07. The van der Waals surface area contributed by atoms with Crippen LogP contribution in [0.5, 0.6) is 0 Å². The zero-order valence-electron chi connectivity index (χ0n) is 11.0. The zero-order chi connectivity index (χ0) is 15.6. The largest absolute Gasteiger partial charge is 0.380 e. The number of alkyl halides is 3. The third-order valence-electron chi connectivity index (χ3n) is 2.92. The third kappa shape index (κ3) is 3.54. The van der Waals surface area contributed by atoms with Gasteiger partial charge < -0.3 is 4.74 Å². The first-order valence-electron chi connectivity index (χ1n) is 5.97. The molecule has 0 radical (unpaired) electrons. The molecular formula is C15H11ClF4O. The second-order valence-electron chi connectivity index (χ2n) is 4.44. The average Bonchev–Trinajstić information content (AvgIpc) is 2.37. The summed E-state index contributed by atoms with van der Waals surface area (Å²) in [7, 11) is 1.55. The van der Waals surface area contributed by atoms with Gasteiger partial charge in [0.25, 0.3) is 0 Å². The van der Waals surface area contributed by atoms with Crippen LogP contribution in [-0.4, -0.2) is 7.11 Å². The number of rotatable bonds is 4. The fourth-order valence-electron chi connectivity index (χ4n) is 1.97. The molecule has 0 saturated carbocycles. The molecule has 0 aliphatic rings. The Kier molecular flexibility index (Phi) is 4.54. The van der Waals surface area contributed by atoms with E-state index < -0.39 is 22.6 Å². The van der Waals surface area contributed by atoms with Crippen molar-refractivity contribution in [1.82, 2.24) is 0 Å². The van der Waals surface area contributed by atoms with Gasteiger partial charge in [0.1, 0.15) is 17.2 Å². The minimum atomic E-state index is -4.09. The van der Waals surface area contributed by atoms with Gasteiger partial charge in [-0.25, -0.2) is 8.78 Å². The first kappa shape index (κ1) is 15.8. The van der Waals surface area contributed by atoms with E-state index in [1.54, 1.807) is 31.4 Å². The highest BCUT2D eigenvalue weighted by atomic mass is 35.5. The molecule has 0 aliphatic heterocycles. The van der Waals surface area contributed by atoms with Crippen molar-refractivity contribution in [3.8, 4) is 11.1 Å². The maximum atomic E-state index is 13.7. The fraction of sp³-hybridized carbons (Fsp3) is 0.200. The highest BCUT2D eigenvalue weighted by Crippen LogP contribution is 2.37. The van der Waals surface area contributed by atoms with Gasteiger partial charge in [-0.2, -0.15) is 8.78 Å². The fourth-order valence-corrected chi connectivity index (χ4v) is 2.15. The van der Waals surface area contributed by atoms with E-state index in [9.17, 15) is 17.6 Å². The van der Waals surface area contributed by atoms with Crippen molar-refractivity contribution in [3.63, 3.8) is 0 Å². The van der Waals surface area contributed by atoms with Crippen LogP contribution in [0.1, 0.15) is 11.1 Å². The SMILES string of the molecule is COCc1ccc(-c2cc(F)c(C(F)(F)Cl)c(F)c2)cc1. The topological polar surface area (TPSA) is 9.23 Å². The maximum absolute atomic E-state index is 13.7. The van der Waals surface area contributed by atoms with Gasteiger partial charge in [0.15, 0.2) is 0 Å². The average molecular weight is 319 g/mol. The van der Waals surface area contributed by atoms with Gasteiger partial charge in [0.05, 0.1) is 6.61 Å². The van der Waals surface area contributed by atoms with Crippen LogP contribution in [0.4, 0.5) is 17.6 Å². The summed E-state index contributed by atoms with van der Waals surface area (Å²) in [5.41, 5.74) is 0.0887. The highest BCUT2D eigenvalue weighted by molar-refractivity contribution is 6.21. The lowest BCUT2D eigenvalue weighted by molar-refractivity contribution is 0.0859. The second-order valence-corrected chi connectivity index (χ2v) is 4.92. The van der Waals surface area contributed by atoms with Crippen LogP contribution in [0.3, 0.4) is 0 Å². The monoisotopic (exact) mass is 318 g/mol. The quantitative estimate of drug-likeness (QED) is 0.565. The number of hydrogen-bond acceptors (Lipinski definition) is 1.